The molecule has 1 aliphatic heterocycles. The first-order valence-corrected chi connectivity index (χ1v) is 7.19. The highest BCUT2D eigenvalue weighted by Crippen LogP contribution is 2.15. The second-order valence-electron chi connectivity index (χ2n) is 5.51. The molecule has 4 nitrogen and oxygen atoms in total. The number of nitrogens with one attached hydrogen (secondary N) is 1. The van der Waals surface area contributed by atoms with Crippen LogP contribution in [-0.2, 0) is 11.3 Å². The van der Waals surface area contributed by atoms with Crippen molar-refractivity contribution >= 4 is 11.7 Å². The highest BCUT2D eigenvalue weighted by Gasteiger charge is 2.31. The molecule has 2 rings (SSSR count). The zero-order valence-corrected chi connectivity index (χ0v) is 12.5. The van der Waals surface area contributed by atoms with E-state index in [0.29, 0.717) is 6.54 Å². The Bertz CT molecular complexity index is 482. The Balaban J connectivity index is 1.99. The van der Waals surface area contributed by atoms with E-state index in [9.17, 15) is 4.79 Å². The summed E-state index contributed by atoms with van der Waals surface area (Å²) in [4.78, 5) is 19.0. The molecule has 1 N–H and O–H groups in total. The van der Waals surface area contributed by atoms with Crippen molar-refractivity contribution in [3.05, 3.63) is 35.9 Å². The normalized spacial score (nSPS) is 16.2. The van der Waals surface area contributed by atoms with Gasteiger partial charge in [-0.2, -0.15) is 0 Å². The van der Waals surface area contributed by atoms with Gasteiger partial charge in [-0.25, -0.2) is 0 Å². The molecule has 1 aliphatic rings. The number of amidine groups is 1. The summed E-state index contributed by atoms with van der Waals surface area (Å²) in [5.41, 5.74) is 1.12. The van der Waals surface area contributed by atoms with Gasteiger partial charge in [-0.1, -0.05) is 44.2 Å². The van der Waals surface area contributed by atoms with E-state index in [0.717, 1.165) is 24.5 Å². The van der Waals surface area contributed by atoms with E-state index in [4.69, 9.17) is 0 Å². The van der Waals surface area contributed by atoms with E-state index in [1.807, 2.05) is 37.3 Å². The maximum absolute atomic E-state index is 12.5. The van der Waals surface area contributed by atoms with E-state index in [1.165, 1.54) is 0 Å². The Morgan fingerprint density at radius 3 is 2.60 bits per heavy atom. The Kier molecular flexibility index (Phi) is 4.77. The maximum atomic E-state index is 12.5. The summed E-state index contributed by atoms with van der Waals surface area (Å²) in [6.45, 7) is 8.35. The first kappa shape index (κ1) is 14.6. The maximum Gasteiger partial charge on any atom is 0.243 e. The molecule has 0 radical (unpaired) electrons. The molecular formula is C16H23N3O. The summed E-state index contributed by atoms with van der Waals surface area (Å²) in [7, 11) is 0. The first-order chi connectivity index (χ1) is 9.59. The van der Waals surface area contributed by atoms with Gasteiger partial charge in [0.25, 0.3) is 0 Å². The van der Waals surface area contributed by atoms with Crippen molar-refractivity contribution in [3.8, 4) is 0 Å². The summed E-state index contributed by atoms with van der Waals surface area (Å²) < 4.78 is 0. The predicted molar refractivity (Wildman–Crippen MR) is 81.6 cm³/mol. The minimum atomic E-state index is -0.134. The van der Waals surface area contributed by atoms with Crippen LogP contribution < -0.4 is 5.32 Å². The molecule has 0 aliphatic carbocycles. The van der Waals surface area contributed by atoms with E-state index >= 15 is 0 Å². The Hall–Kier alpha value is -1.84. The third-order valence-electron chi connectivity index (χ3n) is 3.64. The van der Waals surface area contributed by atoms with Crippen molar-refractivity contribution in [1.29, 1.82) is 0 Å². The topological polar surface area (TPSA) is 44.7 Å². The first-order valence-electron chi connectivity index (χ1n) is 7.19. The molecule has 0 spiro atoms. The van der Waals surface area contributed by atoms with Crippen LogP contribution in [0.15, 0.2) is 35.3 Å². The summed E-state index contributed by atoms with van der Waals surface area (Å²) in [5, 5.41) is 3.04. The lowest BCUT2D eigenvalue weighted by Crippen LogP contribution is -2.50. The van der Waals surface area contributed by atoms with Gasteiger partial charge in [0, 0.05) is 13.1 Å². The second kappa shape index (κ2) is 6.55. The van der Waals surface area contributed by atoms with Gasteiger partial charge in [-0.15, -0.1) is 0 Å². The van der Waals surface area contributed by atoms with Crippen LogP contribution in [0.2, 0.25) is 0 Å². The van der Waals surface area contributed by atoms with Gasteiger partial charge in [0.05, 0.1) is 12.4 Å². The summed E-state index contributed by atoms with van der Waals surface area (Å²) >= 11 is 0. The van der Waals surface area contributed by atoms with Gasteiger partial charge in [-0.3, -0.25) is 9.79 Å². The summed E-state index contributed by atoms with van der Waals surface area (Å²) in [6, 6.07) is 9.86. The molecule has 0 aromatic heterocycles. The molecule has 1 heterocycles. The lowest BCUT2D eigenvalue weighted by molar-refractivity contribution is -0.126. The van der Waals surface area contributed by atoms with E-state index < -0.39 is 0 Å². The van der Waals surface area contributed by atoms with Gasteiger partial charge in [0.15, 0.2) is 0 Å². The number of rotatable bonds is 5. The standard InChI is InChI=1S/C16H23N3O/c1-12(2)15(19-10-9-17-13(19)3)16(20)18-11-14-7-5-4-6-8-14/h4-8,12,15H,9-11H2,1-3H3,(H,18,20). The van der Waals surface area contributed by atoms with Crippen LogP contribution >= 0.6 is 0 Å². The predicted octanol–water partition coefficient (Wildman–Crippen LogP) is 2.06. The molecule has 4 heteroatoms. The van der Waals surface area contributed by atoms with Crippen LogP contribution in [0.4, 0.5) is 0 Å². The Labute approximate surface area is 120 Å². The fourth-order valence-corrected chi connectivity index (χ4v) is 2.61. The molecule has 0 saturated heterocycles. The number of hydrogen-bond acceptors (Lipinski definition) is 3. The monoisotopic (exact) mass is 273 g/mol. The lowest BCUT2D eigenvalue weighted by atomic mass is 10.0. The van der Waals surface area contributed by atoms with Crippen LogP contribution in [0.25, 0.3) is 0 Å². The van der Waals surface area contributed by atoms with Crippen molar-refractivity contribution in [2.45, 2.75) is 33.4 Å². The number of amides is 1. The largest absolute Gasteiger partial charge is 0.350 e. The molecule has 1 atom stereocenters. The molecule has 1 amide bonds. The van der Waals surface area contributed by atoms with Crippen molar-refractivity contribution < 1.29 is 4.79 Å². The van der Waals surface area contributed by atoms with E-state index in [-0.39, 0.29) is 17.9 Å². The molecule has 0 bridgehead atoms. The number of benzene rings is 1. The molecule has 0 fully saturated rings. The molecule has 0 saturated carbocycles. The third kappa shape index (κ3) is 3.38. The Morgan fingerprint density at radius 2 is 2.05 bits per heavy atom. The van der Waals surface area contributed by atoms with Crippen LogP contribution in [-0.4, -0.2) is 35.8 Å². The van der Waals surface area contributed by atoms with E-state index in [2.05, 4.69) is 29.1 Å². The number of hydrogen-bond donors (Lipinski definition) is 1. The van der Waals surface area contributed by atoms with Crippen LogP contribution in [0.1, 0.15) is 26.3 Å². The van der Waals surface area contributed by atoms with Crippen molar-refractivity contribution in [3.63, 3.8) is 0 Å². The average molecular weight is 273 g/mol. The molecule has 1 aromatic rings. The van der Waals surface area contributed by atoms with Gasteiger partial charge in [0.2, 0.25) is 5.91 Å². The number of nitrogens with zero attached hydrogens (tertiary/aromatic N) is 2. The highest BCUT2D eigenvalue weighted by atomic mass is 16.2. The fourth-order valence-electron chi connectivity index (χ4n) is 2.61. The lowest BCUT2D eigenvalue weighted by Gasteiger charge is -2.31. The Morgan fingerprint density at radius 1 is 1.35 bits per heavy atom. The minimum absolute atomic E-state index is 0.0836. The fraction of sp³-hybridized carbons (Fsp3) is 0.500. The van der Waals surface area contributed by atoms with Crippen molar-refractivity contribution in [1.82, 2.24) is 10.2 Å². The van der Waals surface area contributed by atoms with Gasteiger partial charge < -0.3 is 10.2 Å². The van der Waals surface area contributed by atoms with Gasteiger partial charge >= 0.3 is 0 Å². The molecular weight excluding hydrogens is 250 g/mol. The third-order valence-corrected chi connectivity index (χ3v) is 3.64. The zero-order valence-electron chi connectivity index (χ0n) is 12.5. The molecule has 1 unspecified atom stereocenters. The SMILES string of the molecule is CC1=NCCN1C(C(=O)NCc1ccccc1)C(C)C. The zero-order chi connectivity index (χ0) is 14.5. The quantitative estimate of drug-likeness (QED) is 0.892. The molecule has 1 aromatic carbocycles. The minimum Gasteiger partial charge on any atom is -0.350 e. The van der Waals surface area contributed by atoms with Crippen LogP contribution in [0, 0.1) is 5.92 Å². The smallest absolute Gasteiger partial charge is 0.243 e. The average Bonchev–Trinajstić information content (AvgIpc) is 2.84. The number of aliphatic imine (C=N–C) groups is 1. The van der Waals surface area contributed by atoms with Gasteiger partial charge in [-0.05, 0) is 18.4 Å². The van der Waals surface area contributed by atoms with Gasteiger partial charge in [0.1, 0.15) is 6.04 Å². The van der Waals surface area contributed by atoms with Crippen LogP contribution in [0.5, 0.6) is 0 Å². The molecule has 108 valence electrons. The van der Waals surface area contributed by atoms with Crippen molar-refractivity contribution in [2.75, 3.05) is 13.1 Å². The summed E-state index contributed by atoms with van der Waals surface area (Å²) in [6.07, 6.45) is 0. The van der Waals surface area contributed by atoms with Crippen molar-refractivity contribution in [2.24, 2.45) is 10.9 Å². The number of carbonyl (C=O) groups is 1. The highest BCUT2D eigenvalue weighted by molar-refractivity contribution is 5.90. The summed E-state index contributed by atoms with van der Waals surface area (Å²) in [5.74, 6) is 1.31. The van der Waals surface area contributed by atoms with E-state index in [1.54, 1.807) is 0 Å². The number of carbonyl (C=O) groups excluding carboxylic acids is 1. The second-order valence-corrected chi connectivity index (χ2v) is 5.51. The molecule has 20 heavy (non-hydrogen) atoms. The van der Waals surface area contributed by atoms with Crippen LogP contribution in [0.3, 0.4) is 0 Å².